The molecule has 0 radical (unpaired) electrons. The number of fused-ring (bicyclic) bond motifs is 1. The van der Waals surface area contributed by atoms with Gasteiger partial charge in [0.1, 0.15) is 11.4 Å². The van der Waals surface area contributed by atoms with Crippen LogP contribution < -0.4 is 4.74 Å². The predicted octanol–water partition coefficient (Wildman–Crippen LogP) is 3.71. The first-order valence-electron chi connectivity index (χ1n) is 6.13. The fraction of sp³-hybridized carbons (Fsp3) is 0.500. The lowest BCUT2D eigenvalue weighted by Crippen LogP contribution is -2.33. The highest BCUT2D eigenvalue weighted by atomic mass is 79.9. The van der Waals surface area contributed by atoms with Gasteiger partial charge in [-0.15, -0.1) is 0 Å². The first-order valence-corrected chi connectivity index (χ1v) is 6.92. The van der Waals surface area contributed by atoms with Crippen molar-refractivity contribution in [3.8, 4) is 5.75 Å². The molecule has 0 saturated heterocycles. The molecular formula is C14H18BrNO3. The van der Waals surface area contributed by atoms with Crippen LogP contribution in [-0.4, -0.2) is 23.7 Å². The maximum atomic E-state index is 12.1. The molecule has 0 atom stereocenters. The van der Waals surface area contributed by atoms with E-state index < -0.39 is 5.60 Å². The summed E-state index contributed by atoms with van der Waals surface area (Å²) in [5.74, 6) is 0.789. The number of hydrogen-bond acceptors (Lipinski definition) is 3. The number of ether oxygens (including phenoxy) is 2. The summed E-state index contributed by atoms with van der Waals surface area (Å²) >= 11 is 3.52. The van der Waals surface area contributed by atoms with Crippen molar-refractivity contribution in [2.45, 2.75) is 39.5 Å². The third-order valence-electron chi connectivity index (χ3n) is 2.86. The third-order valence-corrected chi connectivity index (χ3v) is 3.57. The van der Waals surface area contributed by atoms with Crippen molar-refractivity contribution < 1.29 is 14.3 Å². The second-order valence-corrected chi connectivity index (χ2v) is 6.44. The Bertz CT molecular complexity index is 508. The Balaban J connectivity index is 2.16. The van der Waals surface area contributed by atoms with Gasteiger partial charge in [-0.2, -0.15) is 0 Å². The number of carbonyl (C=O) groups is 1. The van der Waals surface area contributed by atoms with Crippen molar-refractivity contribution >= 4 is 22.0 Å². The van der Waals surface area contributed by atoms with Crippen LogP contribution in [0.25, 0.3) is 0 Å². The van der Waals surface area contributed by atoms with E-state index >= 15 is 0 Å². The molecule has 19 heavy (non-hydrogen) atoms. The van der Waals surface area contributed by atoms with Gasteiger partial charge in [0, 0.05) is 11.0 Å². The lowest BCUT2D eigenvalue weighted by molar-refractivity contribution is 0.0241. The molecule has 1 amide bonds. The topological polar surface area (TPSA) is 38.8 Å². The molecule has 0 bridgehead atoms. The molecule has 1 aliphatic rings. The Hall–Kier alpha value is -1.23. The van der Waals surface area contributed by atoms with Crippen LogP contribution in [0.2, 0.25) is 0 Å². The van der Waals surface area contributed by atoms with E-state index in [2.05, 4.69) is 15.9 Å². The fourth-order valence-corrected chi connectivity index (χ4v) is 2.62. The van der Waals surface area contributed by atoms with Crippen molar-refractivity contribution in [2.24, 2.45) is 0 Å². The van der Waals surface area contributed by atoms with Crippen LogP contribution in [-0.2, 0) is 17.8 Å². The van der Waals surface area contributed by atoms with Crippen LogP contribution >= 0.6 is 15.9 Å². The number of halogens is 1. The van der Waals surface area contributed by atoms with Crippen LogP contribution in [0, 0.1) is 0 Å². The molecule has 1 aliphatic heterocycles. The normalized spacial score (nSPS) is 14.3. The summed E-state index contributed by atoms with van der Waals surface area (Å²) in [6, 6.07) is 3.88. The third kappa shape index (κ3) is 3.21. The lowest BCUT2D eigenvalue weighted by Gasteiger charge is -2.24. The van der Waals surface area contributed by atoms with Gasteiger partial charge in [0.2, 0.25) is 0 Å². The number of methoxy groups -OCH3 is 1. The van der Waals surface area contributed by atoms with Gasteiger partial charge in [0.25, 0.3) is 0 Å². The van der Waals surface area contributed by atoms with Crippen LogP contribution in [0.1, 0.15) is 31.9 Å². The SMILES string of the molecule is COc1cc(Br)c2c(c1)CN(C(=O)OC(C)(C)C)C2. The number of carbonyl (C=O) groups excluding carboxylic acids is 1. The molecule has 1 aromatic carbocycles. The van der Waals surface area contributed by atoms with Crippen LogP contribution in [0.15, 0.2) is 16.6 Å². The molecule has 0 unspecified atom stereocenters. The highest BCUT2D eigenvalue weighted by Gasteiger charge is 2.29. The van der Waals surface area contributed by atoms with Gasteiger partial charge in [-0.05, 0) is 44.0 Å². The molecule has 0 fully saturated rings. The Morgan fingerprint density at radius 3 is 2.58 bits per heavy atom. The molecule has 104 valence electrons. The van der Waals surface area contributed by atoms with Gasteiger partial charge in [-0.3, -0.25) is 4.90 Å². The van der Waals surface area contributed by atoms with E-state index in [0.29, 0.717) is 13.1 Å². The Labute approximate surface area is 121 Å². The summed E-state index contributed by atoms with van der Waals surface area (Å²) in [6.45, 7) is 6.72. The summed E-state index contributed by atoms with van der Waals surface area (Å²) in [5, 5.41) is 0. The maximum Gasteiger partial charge on any atom is 0.410 e. The fourth-order valence-electron chi connectivity index (χ4n) is 2.01. The summed E-state index contributed by atoms with van der Waals surface area (Å²) < 4.78 is 11.6. The molecule has 4 nitrogen and oxygen atoms in total. The van der Waals surface area contributed by atoms with E-state index in [-0.39, 0.29) is 6.09 Å². The second kappa shape index (κ2) is 5.04. The number of rotatable bonds is 1. The standard InChI is InChI=1S/C14H18BrNO3/c1-14(2,3)19-13(17)16-7-9-5-10(18-4)6-12(15)11(9)8-16/h5-6H,7-8H2,1-4H3. The molecule has 0 aliphatic carbocycles. The number of benzene rings is 1. The van der Waals surface area contributed by atoms with E-state index in [1.54, 1.807) is 12.0 Å². The highest BCUT2D eigenvalue weighted by molar-refractivity contribution is 9.10. The molecule has 0 aromatic heterocycles. The first-order chi connectivity index (χ1) is 8.80. The highest BCUT2D eigenvalue weighted by Crippen LogP contribution is 2.34. The van der Waals surface area contributed by atoms with Gasteiger partial charge in [-0.1, -0.05) is 15.9 Å². The zero-order chi connectivity index (χ0) is 14.2. The molecule has 0 N–H and O–H groups in total. The lowest BCUT2D eigenvalue weighted by atomic mass is 10.1. The second-order valence-electron chi connectivity index (χ2n) is 5.58. The largest absolute Gasteiger partial charge is 0.497 e. The maximum absolute atomic E-state index is 12.1. The van der Waals surface area contributed by atoms with Crippen LogP contribution in [0.4, 0.5) is 4.79 Å². The number of amides is 1. The molecular weight excluding hydrogens is 310 g/mol. The van der Waals surface area contributed by atoms with Gasteiger partial charge in [0.05, 0.1) is 13.7 Å². The molecule has 0 spiro atoms. The van der Waals surface area contributed by atoms with Crippen LogP contribution in [0.5, 0.6) is 5.75 Å². The minimum absolute atomic E-state index is 0.283. The van der Waals surface area contributed by atoms with Gasteiger partial charge in [0.15, 0.2) is 0 Å². The smallest absolute Gasteiger partial charge is 0.410 e. The zero-order valence-corrected chi connectivity index (χ0v) is 13.2. The van der Waals surface area contributed by atoms with E-state index in [1.807, 2.05) is 32.9 Å². The molecule has 2 rings (SSSR count). The number of hydrogen-bond donors (Lipinski definition) is 0. The Kier molecular flexibility index (Phi) is 3.76. The van der Waals surface area contributed by atoms with E-state index in [0.717, 1.165) is 21.3 Å². The summed E-state index contributed by atoms with van der Waals surface area (Å²) in [5.41, 5.74) is 1.74. The zero-order valence-electron chi connectivity index (χ0n) is 11.6. The van der Waals surface area contributed by atoms with Crippen molar-refractivity contribution in [2.75, 3.05) is 7.11 Å². The molecule has 0 saturated carbocycles. The summed E-state index contributed by atoms with van der Waals surface area (Å²) in [4.78, 5) is 13.7. The van der Waals surface area contributed by atoms with Crippen LogP contribution in [0.3, 0.4) is 0 Å². The van der Waals surface area contributed by atoms with E-state index in [4.69, 9.17) is 9.47 Å². The van der Waals surface area contributed by atoms with Crippen molar-refractivity contribution in [3.05, 3.63) is 27.7 Å². The minimum Gasteiger partial charge on any atom is -0.497 e. The first kappa shape index (κ1) is 14.2. The summed E-state index contributed by atoms with van der Waals surface area (Å²) in [7, 11) is 1.63. The predicted molar refractivity (Wildman–Crippen MR) is 76.2 cm³/mol. The Morgan fingerprint density at radius 1 is 1.32 bits per heavy atom. The van der Waals surface area contributed by atoms with E-state index in [9.17, 15) is 4.79 Å². The van der Waals surface area contributed by atoms with Crippen molar-refractivity contribution in [3.63, 3.8) is 0 Å². The minimum atomic E-state index is -0.471. The number of nitrogens with zero attached hydrogens (tertiary/aromatic N) is 1. The Morgan fingerprint density at radius 2 is 2.00 bits per heavy atom. The van der Waals surface area contributed by atoms with Gasteiger partial charge in [-0.25, -0.2) is 4.79 Å². The monoisotopic (exact) mass is 327 g/mol. The molecule has 5 heteroatoms. The van der Waals surface area contributed by atoms with Gasteiger partial charge >= 0.3 is 6.09 Å². The summed E-state index contributed by atoms with van der Waals surface area (Å²) in [6.07, 6.45) is -0.283. The van der Waals surface area contributed by atoms with Crippen molar-refractivity contribution in [1.82, 2.24) is 4.90 Å². The van der Waals surface area contributed by atoms with Crippen molar-refractivity contribution in [1.29, 1.82) is 0 Å². The quantitative estimate of drug-likeness (QED) is 0.789. The van der Waals surface area contributed by atoms with Gasteiger partial charge < -0.3 is 9.47 Å². The van der Waals surface area contributed by atoms with E-state index in [1.165, 1.54) is 0 Å². The molecule has 1 aromatic rings. The molecule has 1 heterocycles. The average Bonchev–Trinajstić information content (AvgIpc) is 2.71. The average molecular weight is 328 g/mol.